The highest BCUT2D eigenvalue weighted by atomic mass is 16.6. The molecule has 1 N–H and O–H groups in total. The maximum Gasteiger partial charge on any atom is 0.139 e. The highest BCUT2D eigenvalue weighted by Crippen LogP contribution is 2.37. The van der Waals surface area contributed by atoms with Gasteiger partial charge in [0.25, 0.3) is 0 Å². The van der Waals surface area contributed by atoms with Gasteiger partial charge in [-0.3, -0.25) is 4.79 Å². The molecule has 0 aliphatic carbocycles. The molecule has 0 radical (unpaired) electrons. The van der Waals surface area contributed by atoms with Crippen molar-refractivity contribution in [2.45, 2.75) is 31.8 Å². The van der Waals surface area contributed by atoms with Crippen molar-refractivity contribution >= 4 is 5.78 Å². The Labute approximate surface area is 108 Å². The van der Waals surface area contributed by atoms with Crippen molar-refractivity contribution in [2.24, 2.45) is 17.8 Å². The molecule has 3 atom stereocenters. The van der Waals surface area contributed by atoms with Gasteiger partial charge in [-0.2, -0.15) is 0 Å². The Morgan fingerprint density at radius 2 is 2.22 bits per heavy atom. The van der Waals surface area contributed by atoms with Crippen LogP contribution in [0.2, 0.25) is 0 Å². The SMILES string of the molecule is CC(C(=O)C1CCOC2(CCOC2)C1)C1CNC1. The van der Waals surface area contributed by atoms with Gasteiger partial charge in [-0.25, -0.2) is 0 Å². The van der Waals surface area contributed by atoms with Gasteiger partial charge in [0.15, 0.2) is 0 Å². The fourth-order valence-electron chi connectivity index (χ4n) is 3.40. The van der Waals surface area contributed by atoms with Crippen molar-refractivity contribution < 1.29 is 14.3 Å². The van der Waals surface area contributed by atoms with Crippen LogP contribution < -0.4 is 5.32 Å². The molecule has 3 rings (SSSR count). The third-order valence-corrected chi connectivity index (χ3v) is 4.93. The van der Waals surface area contributed by atoms with E-state index in [9.17, 15) is 4.79 Å². The molecule has 3 fully saturated rings. The van der Waals surface area contributed by atoms with Gasteiger partial charge in [0.2, 0.25) is 0 Å². The summed E-state index contributed by atoms with van der Waals surface area (Å²) in [4.78, 5) is 12.5. The molecule has 3 heterocycles. The number of hydrogen-bond acceptors (Lipinski definition) is 4. The molecular formula is C14H23NO3. The molecule has 4 heteroatoms. The molecule has 102 valence electrons. The van der Waals surface area contributed by atoms with Crippen LogP contribution in [0.25, 0.3) is 0 Å². The van der Waals surface area contributed by atoms with Crippen molar-refractivity contribution in [3.05, 3.63) is 0 Å². The highest BCUT2D eigenvalue weighted by Gasteiger charge is 2.44. The van der Waals surface area contributed by atoms with Crippen molar-refractivity contribution in [2.75, 3.05) is 32.9 Å². The molecule has 3 aliphatic rings. The number of ketones is 1. The summed E-state index contributed by atoms with van der Waals surface area (Å²) >= 11 is 0. The second-order valence-electron chi connectivity index (χ2n) is 6.13. The number of rotatable bonds is 3. The lowest BCUT2D eigenvalue weighted by atomic mass is 9.75. The quantitative estimate of drug-likeness (QED) is 0.815. The van der Waals surface area contributed by atoms with E-state index in [2.05, 4.69) is 12.2 Å². The van der Waals surface area contributed by atoms with Crippen LogP contribution in [-0.2, 0) is 14.3 Å². The molecule has 0 saturated carbocycles. The van der Waals surface area contributed by atoms with Crippen LogP contribution in [0.3, 0.4) is 0 Å². The largest absolute Gasteiger partial charge is 0.378 e. The summed E-state index contributed by atoms with van der Waals surface area (Å²) in [6.07, 6.45) is 2.72. The summed E-state index contributed by atoms with van der Waals surface area (Å²) in [7, 11) is 0. The summed E-state index contributed by atoms with van der Waals surface area (Å²) in [5.74, 6) is 1.40. The minimum atomic E-state index is -0.143. The predicted octanol–water partition coefficient (Wildman–Crippen LogP) is 0.997. The zero-order valence-corrected chi connectivity index (χ0v) is 11.1. The number of carbonyl (C=O) groups is 1. The van der Waals surface area contributed by atoms with E-state index in [1.165, 1.54) is 0 Å². The molecule has 0 amide bonds. The lowest BCUT2D eigenvalue weighted by Crippen LogP contribution is -2.50. The highest BCUT2D eigenvalue weighted by molar-refractivity contribution is 5.83. The van der Waals surface area contributed by atoms with Gasteiger partial charge in [0.05, 0.1) is 12.2 Å². The van der Waals surface area contributed by atoms with Crippen LogP contribution in [-0.4, -0.2) is 44.3 Å². The van der Waals surface area contributed by atoms with Gasteiger partial charge in [-0.1, -0.05) is 6.92 Å². The van der Waals surface area contributed by atoms with Crippen LogP contribution in [0.15, 0.2) is 0 Å². The van der Waals surface area contributed by atoms with Gasteiger partial charge >= 0.3 is 0 Å². The lowest BCUT2D eigenvalue weighted by molar-refractivity contribution is -0.142. The van der Waals surface area contributed by atoms with E-state index in [1.54, 1.807) is 0 Å². The van der Waals surface area contributed by atoms with Gasteiger partial charge in [0.1, 0.15) is 5.78 Å². The monoisotopic (exact) mass is 253 g/mol. The fraction of sp³-hybridized carbons (Fsp3) is 0.929. The van der Waals surface area contributed by atoms with Crippen LogP contribution in [0, 0.1) is 17.8 Å². The number of hydrogen-bond donors (Lipinski definition) is 1. The molecule has 3 unspecified atom stereocenters. The third-order valence-electron chi connectivity index (χ3n) is 4.93. The van der Waals surface area contributed by atoms with E-state index in [0.717, 1.165) is 45.6 Å². The molecule has 18 heavy (non-hydrogen) atoms. The van der Waals surface area contributed by atoms with Crippen molar-refractivity contribution in [3.8, 4) is 0 Å². The maximum atomic E-state index is 12.5. The Hall–Kier alpha value is -0.450. The molecule has 4 nitrogen and oxygen atoms in total. The minimum Gasteiger partial charge on any atom is -0.378 e. The zero-order valence-electron chi connectivity index (χ0n) is 11.1. The Morgan fingerprint density at radius 3 is 2.83 bits per heavy atom. The predicted molar refractivity (Wildman–Crippen MR) is 67.4 cm³/mol. The summed E-state index contributed by atoms with van der Waals surface area (Å²) in [6, 6.07) is 0. The van der Waals surface area contributed by atoms with Gasteiger partial charge in [0, 0.05) is 31.5 Å². The van der Waals surface area contributed by atoms with Gasteiger partial charge in [-0.05, 0) is 31.8 Å². The van der Waals surface area contributed by atoms with Crippen molar-refractivity contribution in [1.82, 2.24) is 5.32 Å². The number of nitrogens with one attached hydrogen (secondary N) is 1. The summed E-state index contributed by atoms with van der Waals surface area (Å²) in [6.45, 7) is 6.28. The molecule has 0 aromatic heterocycles. The first-order chi connectivity index (χ1) is 8.70. The van der Waals surface area contributed by atoms with E-state index < -0.39 is 0 Å². The molecule has 0 aromatic rings. The third kappa shape index (κ3) is 2.22. The van der Waals surface area contributed by atoms with E-state index in [4.69, 9.17) is 9.47 Å². The van der Waals surface area contributed by atoms with E-state index >= 15 is 0 Å². The number of carbonyl (C=O) groups excluding carboxylic acids is 1. The summed E-state index contributed by atoms with van der Waals surface area (Å²) < 4.78 is 11.4. The Bertz CT molecular complexity index is 321. The average molecular weight is 253 g/mol. The van der Waals surface area contributed by atoms with E-state index in [0.29, 0.717) is 18.3 Å². The lowest BCUT2D eigenvalue weighted by Gasteiger charge is -2.39. The summed E-state index contributed by atoms with van der Waals surface area (Å²) in [5, 5.41) is 3.25. The number of ether oxygens (including phenoxy) is 2. The van der Waals surface area contributed by atoms with Gasteiger partial charge < -0.3 is 14.8 Å². The van der Waals surface area contributed by atoms with Crippen LogP contribution in [0.1, 0.15) is 26.2 Å². The molecule has 0 aromatic carbocycles. The second-order valence-corrected chi connectivity index (χ2v) is 6.13. The Balaban J connectivity index is 1.62. The normalized spacial score (nSPS) is 38.6. The smallest absolute Gasteiger partial charge is 0.139 e. The first kappa shape index (κ1) is 12.6. The number of Topliss-reactive ketones (excluding diaryl/α,β-unsaturated/α-hetero) is 1. The Kier molecular flexibility index (Phi) is 3.43. The standard InChI is InChI=1S/C14H23NO3/c1-10(12-7-15-8-12)13(16)11-2-4-18-14(6-11)3-5-17-9-14/h10-12,15H,2-9H2,1H3. The second kappa shape index (κ2) is 4.91. The molecule has 3 saturated heterocycles. The molecule has 1 spiro atoms. The first-order valence-electron chi connectivity index (χ1n) is 7.16. The van der Waals surface area contributed by atoms with Gasteiger partial charge in [-0.15, -0.1) is 0 Å². The van der Waals surface area contributed by atoms with Crippen molar-refractivity contribution in [3.63, 3.8) is 0 Å². The first-order valence-corrected chi connectivity index (χ1v) is 7.16. The van der Waals surface area contributed by atoms with Crippen molar-refractivity contribution in [1.29, 1.82) is 0 Å². The topological polar surface area (TPSA) is 47.6 Å². The van der Waals surface area contributed by atoms with Crippen LogP contribution in [0.5, 0.6) is 0 Å². The summed E-state index contributed by atoms with van der Waals surface area (Å²) in [5.41, 5.74) is -0.143. The Morgan fingerprint density at radius 1 is 1.39 bits per heavy atom. The van der Waals surface area contributed by atoms with E-state index in [-0.39, 0.29) is 17.4 Å². The van der Waals surface area contributed by atoms with E-state index in [1.807, 2.05) is 0 Å². The fourth-order valence-corrected chi connectivity index (χ4v) is 3.40. The minimum absolute atomic E-state index is 0.143. The van der Waals surface area contributed by atoms with Crippen LogP contribution in [0.4, 0.5) is 0 Å². The average Bonchev–Trinajstić information content (AvgIpc) is 2.74. The van der Waals surface area contributed by atoms with Crippen LogP contribution >= 0.6 is 0 Å². The molecule has 0 bridgehead atoms. The molecule has 3 aliphatic heterocycles. The molecular weight excluding hydrogens is 230 g/mol. The zero-order chi connectivity index (χ0) is 12.6. The maximum absolute atomic E-state index is 12.5.